The Hall–Kier alpha value is -1.01. The fourth-order valence-electron chi connectivity index (χ4n) is 2.29. The highest BCUT2D eigenvalue weighted by Crippen LogP contribution is 2.65. The van der Waals surface area contributed by atoms with Gasteiger partial charge in [-0.15, -0.1) is 0 Å². The average molecular weight is 264 g/mol. The molecule has 2 nitrogen and oxygen atoms in total. The Morgan fingerprint density at radius 2 is 1.83 bits per heavy atom. The number of aryl methyl sites for hydroxylation is 1. The minimum Gasteiger partial charge on any atom is -0.444 e. The molecule has 1 aromatic rings. The lowest BCUT2D eigenvalue weighted by molar-refractivity contribution is 0.406. The molecular formula is C15H21O2P. The topological polar surface area (TPSA) is 26.3 Å². The van der Waals surface area contributed by atoms with Crippen LogP contribution in [0.25, 0.3) is 0 Å². The number of allylic oxidation sites excluding steroid dienone is 2. The molecule has 0 amide bonds. The molecule has 2 unspecified atom stereocenters. The highest BCUT2D eigenvalue weighted by molar-refractivity contribution is 7.69. The smallest absolute Gasteiger partial charge is 0.286 e. The summed E-state index contributed by atoms with van der Waals surface area (Å²) in [6.45, 7) is 8.17. The van der Waals surface area contributed by atoms with E-state index >= 15 is 0 Å². The van der Waals surface area contributed by atoms with Crippen molar-refractivity contribution in [3.8, 4) is 0 Å². The van der Waals surface area contributed by atoms with Crippen molar-refractivity contribution in [2.24, 2.45) is 0 Å². The van der Waals surface area contributed by atoms with E-state index in [1.807, 2.05) is 45.0 Å². The molecule has 98 valence electrons. The summed E-state index contributed by atoms with van der Waals surface area (Å²) in [6, 6.07) is 7.88. The van der Waals surface area contributed by atoms with Gasteiger partial charge in [0, 0.05) is 11.7 Å². The molecule has 0 N–H and O–H groups in total. The summed E-state index contributed by atoms with van der Waals surface area (Å²) in [4.78, 5) is 0. The van der Waals surface area contributed by atoms with E-state index in [9.17, 15) is 4.57 Å². The molecule has 3 heteroatoms. The van der Waals surface area contributed by atoms with Crippen LogP contribution >= 0.6 is 7.37 Å². The molecule has 0 spiro atoms. The monoisotopic (exact) mass is 264 g/mol. The molecule has 1 aliphatic rings. The first-order chi connectivity index (χ1) is 8.45. The van der Waals surface area contributed by atoms with Crippen LogP contribution in [0.5, 0.6) is 0 Å². The van der Waals surface area contributed by atoms with Crippen molar-refractivity contribution >= 4 is 12.7 Å². The summed E-state index contributed by atoms with van der Waals surface area (Å²) >= 11 is 0. The summed E-state index contributed by atoms with van der Waals surface area (Å²) < 4.78 is 19.2. The quantitative estimate of drug-likeness (QED) is 0.757. The SMILES string of the molecule is CCC1=CC(C)(CC)P(=O)(c2ccc(C)cc2)O1. The zero-order valence-corrected chi connectivity index (χ0v) is 12.5. The van der Waals surface area contributed by atoms with Gasteiger partial charge >= 0.3 is 0 Å². The fraction of sp³-hybridized carbons (Fsp3) is 0.467. The van der Waals surface area contributed by atoms with Crippen molar-refractivity contribution in [1.29, 1.82) is 0 Å². The van der Waals surface area contributed by atoms with E-state index in [1.165, 1.54) is 5.56 Å². The molecule has 0 aromatic heterocycles. The summed E-state index contributed by atoms with van der Waals surface area (Å²) in [7, 11) is -2.83. The molecule has 2 atom stereocenters. The lowest BCUT2D eigenvalue weighted by Crippen LogP contribution is -2.24. The van der Waals surface area contributed by atoms with E-state index in [-0.39, 0.29) is 5.16 Å². The standard InChI is InChI=1S/C15H21O2P/c1-5-13-11-15(4,6-2)18(16,17-13)14-9-7-12(3)8-10-14/h7-11H,5-6H2,1-4H3. The minimum atomic E-state index is -2.83. The fourth-order valence-corrected chi connectivity index (χ4v) is 4.98. The van der Waals surface area contributed by atoms with E-state index in [4.69, 9.17) is 4.52 Å². The van der Waals surface area contributed by atoms with Crippen LogP contribution in [-0.4, -0.2) is 5.16 Å². The van der Waals surface area contributed by atoms with Crippen LogP contribution in [0.2, 0.25) is 0 Å². The Balaban J connectivity index is 2.49. The van der Waals surface area contributed by atoms with Gasteiger partial charge in [0.1, 0.15) is 5.76 Å². The minimum absolute atomic E-state index is 0.367. The Morgan fingerprint density at radius 1 is 1.22 bits per heavy atom. The van der Waals surface area contributed by atoms with Gasteiger partial charge in [-0.25, -0.2) is 0 Å². The lowest BCUT2D eigenvalue weighted by atomic mass is 10.1. The largest absolute Gasteiger partial charge is 0.444 e. The van der Waals surface area contributed by atoms with Crippen LogP contribution < -0.4 is 5.30 Å². The summed E-state index contributed by atoms with van der Waals surface area (Å²) in [6.07, 6.45) is 3.68. The summed E-state index contributed by atoms with van der Waals surface area (Å²) in [5, 5.41) is 0.463. The van der Waals surface area contributed by atoms with Gasteiger partial charge in [-0.1, -0.05) is 31.5 Å². The molecule has 18 heavy (non-hydrogen) atoms. The van der Waals surface area contributed by atoms with E-state index in [2.05, 4.69) is 13.0 Å². The Bertz CT molecular complexity index is 516. The predicted molar refractivity (Wildman–Crippen MR) is 76.6 cm³/mol. The first kappa shape index (κ1) is 13.4. The van der Waals surface area contributed by atoms with E-state index in [0.29, 0.717) is 0 Å². The number of hydrogen-bond acceptors (Lipinski definition) is 2. The molecule has 1 aliphatic heterocycles. The highest BCUT2D eigenvalue weighted by atomic mass is 31.2. The van der Waals surface area contributed by atoms with Crippen LogP contribution in [0.1, 0.15) is 39.2 Å². The second-order valence-corrected chi connectivity index (χ2v) is 7.98. The molecule has 0 aliphatic carbocycles. The predicted octanol–water partition coefficient (Wildman–Crippen LogP) is 4.39. The second kappa shape index (κ2) is 4.59. The van der Waals surface area contributed by atoms with Crippen LogP contribution in [0.3, 0.4) is 0 Å². The molecule has 2 rings (SSSR count). The zero-order valence-electron chi connectivity index (χ0n) is 11.6. The van der Waals surface area contributed by atoms with Gasteiger partial charge in [-0.05, 0) is 38.5 Å². The maximum Gasteiger partial charge on any atom is 0.286 e. The molecule has 0 saturated carbocycles. The maximum absolute atomic E-state index is 13.3. The molecule has 1 aromatic carbocycles. The third kappa shape index (κ3) is 1.93. The normalized spacial score (nSPS) is 31.0. The van der Waals surface area contributed by atoms with Crippen molar-refractivity contribution in [1.82, 2.24) is 0 Å². The molecule has 0 fully saturated rings. The number of rotatable bonds is 3. The van der Waals surface area contributed by atoms with Crippen molar-refractivity contribution < 1.29 is 9.09 Å². The third-order valence-electron chi connectivity index (χ3n) is 3.83. The van der Waals surface area contributed by atoms with Gasteiger partial charge in [0.05, 0.1) is 5.16 Å². The zero-order chi connectivity index (χ0) is 13.4. The van der Waals surface area contributed by atoms with Gasteiger partial charge in [-0.2, -0.15) is 0 Å². The molecule has 1 heterocycles. The third-order valence-corrected chi connectivity index (χ3v) is 7.09. The molecule has 0 bridgehead atoms. The van der Waals surface area contributed by atoms with Gasteiger partial charge in [0.15, 0.2) is 0 Å². The van der Waals surface area contributed by atoms with Crippen molar-refractivity contribution in [3.05, 3.63) is 41.7 Å². The Labute approximate surface area is 110 Å². The molecule has 0 saturated heterocycles. The average Bonchev–Trinajstić information content (AvgIpc) is 2.64. The van der Waals surface area contributed by atoms with Crippen LogP contribution in [0.15, 0.2) is 36.1 Å². The van der Waals surface area contributed by atoms with Crippen LogP contribution in [0.4, 0.5) is 0 Å². The van der Waals surface area contributed by atoms with Crippen molar-refractivity contribution in [2.45, 2.75) is 45.7 Å². The lowest BCUT2D eigenvalue weighted by Gasteiger charge is -2.28. The summed E-state index contributed by atoms with van der Waals surface area (Å²) in [5.74, 6) is 0.864. The van der Waals surface area contributed by atoms with Crippen molar-refractivity contribution in [3.63, 3.8) is 0 Å². The van der Waals surface area contributed by atoms with E-state index in [1.54, 1.807) is 0 Å². The van der Waals surface area contributed by atoms with Gasteiger partial charge < -0.3 is 4.52 Å². The number of benzene rings is 1. The van der Waals surface area contributed by atoms with Crippen LogP contribution in [-0.2, 0) is 9.09 Å². The van der Waals surface area contributed by atoms with Crippen LogP contribution in [0, 0.1) is 6.92 Å². The second-order valence-electron chi connectivity index (χ2n) is 5.15. The summed E-state index contributed by atoms with van der Waals surface area (Å²) in [5.41, 5.74) is 1.17. The molecule has 0 radical (unpaired) electrons. The van der Waals surface area contributed by atoms with Gasteiger partial charge in [0.2, 0.25) is 0 Å². The van der Waals surface area contributed by atoms with E-state index in [0.717, 1.165) is 23.9 Å². The van der Waals surface area contributed by atoms with Gasteiger partial charge in [-0.3, -0.25) is 4.57 Å². The van der Waals surface area contributed by atoms with Crippen molar-refractivity contribution in [2.75, 3.05) is 0 Å². The van der Waals surface area contributed by atoms with E-state index < -0.39 is 7.37 Å². The highest BCUT2D eigenvalue weighted by Gasteiger charge is 2.50. The maximum atomic E-state index is 13.3. The Morgan fingerprint density at radius 3 is 2.33 bits per heavy atom. The first-order valence-electron chi connectivity index (χ1n) is 6.54. The number of hydrogen-bond donors (Lipinski definition) is 0. The first-order valence-corrected chi connectivity index (χ1v) is 8.16. The van der Waals surface area contributed by atoms with Gasteiger partial charge in [0.25, 0.3) is 7.37 Å². The Kier molecular flexibility index (Phi) is 3.42. The molecular weight excluding hydrogens is 243 g/mol.